The molecule has 1 unspecified atom stereocenters. The summed E-state index contributed by atoms with van der Waals surface area (Å²) in [5.41, 5.74) is 3.00. The lowest BCUT2D eigenvalue weighted by Gasteiger charge is -2.03. The van der Waals surface area contributed by atoms with Crippen molar-refractivity contribution in [1.29, 1.82) is 0 Å². The molecule has 0 amide bonds. The molecule has 1 aromatic heterocycles. The van der Waals surface area contributed by atoms with Gasteiger partial charge in [0, 0.05) is 10.5 Å². The lowest BCUT2D eigenvalue weighted by atomic mass is 10.0. The van der Waals surface area contributed by atoms with Crippen molar-refractivity contribution in [1.82, 2.24) is 4.98 Å². The number of hydrogen-bond acceptors (Lipinski definition) is 4. The Morgan fingerprint density at radius 3 is 2.25 bits per heavy atom. The summed E-state index contributed by atoms with van der Waals surface area (Å²) in [5.74, 6) is 1.44. The summed E-state index contributed by atoms with van der Waals surface area (Å²) >= 11 is 1.31. The minimum absolute atomic E-state index is 0.525. The Kier molecular flexibility index (Phi) is 5.07. The second-order valence-corrected chi connectivity index (χ2v) is 7.34. The first-order valence-electron chi connectivity index (χ1n) is 8.02. The fraction of sp³-hybridized carbons (Fsp3) is 0.250. The van der Waals surface area contributed by atoms with Crippen molar-refractivity contribution < 1.29 is 4.42 Å². The summed E-state index contributed by atoms with van der Waals surface area (Å²) in [6, 6.07) is 18.4. The van der Waals surface area contributed by atoms with Gasteiger partial charge in [0.2, 0.25) is 5.89 Å². The zero-order valence-corrected chi connectivity index (χ0v) is 14.8. The number of aromatic nitrogens is 1. The minimum atomic E-state index is 0.525. The molecule has 0 aliphatic heterocycles. The van der Waals surface area contributed by atoms with Crippen LogP contribution < -0.4 is 5.14 Å². The van der Waals surface area contributed by atoms with Crippen molar-refractivity contribution in [3.8, 4) is 11.5 Å². The number of nitrogens with two attached hydrogens (primary N) is 1. The average molecular weight is 338 g/mol. The van der Waals surface area contributed by atoms with Gasteiger partial charge in [0.15, 0.2) is 0 Å². The van der Waals surface area contributed by atoms with E-state index in [0.717, 1.165) is 16.4 Å². The average Bonchev–Trinajstić information content (AvgIpc) is 3.03. The SMILES string of the molecule is CC1(C)CC1c1ccc(SN)cc1.c1ccc(-c2ncco2)cc1. The maximum absolute atomic E-state index is 5.46. The third kappa shape index (κ3) is 4.08. The van der Waals surface area contributed by atoms with E-state index >= 15 is 0 Å². The molecule has 1 aliphatic carbocycles. The van der Waals surface area contributed by atoms with Gasteiger partial charge in [-0.1, -0.05) is 44.2 Å². The molecule has 0 radical (unpaired) electrons. The molecule has 0 saturated heterocycles. The molecule has 1 fully saturated rings. The third-order valence-electron chi connectivity index (χ3n) is 4.39. The fourth-order valence-electron chi connectivity index (χ4n) is 2.76. The van der Waals surface area contributed by atoms with E-state index in [4.69, 9.17) is 9.56 Å². The van der Waals surface area contributed by atoms with Crippen LogP contribution in [-0.4, -0.2) is 4.98 Å². The molecule has 1 atom stereocenters. The number of nitrogens with zero attached hydrogens (tertiary/aromatic N) is 1. The Bertz CT molecular complexity index is 752. The quantitative estimate of drug-likeness (QED) is 0.640. The van der Waals surface area contributed by atoms with E-state index in [9.17, 15) is 0 Å². The molecule has 1 saturated carbocycles. The van der Waals surface area contributed by atoms with Gasteiger partial charge in [-0.25, -0.2) is 4.98 Å². The lowest BCUT2D eigenvalue weighted by molar-refractivity contribution is 0.574. The highest BCUT2D eigenvalue weighted by atomic mass is 32.2. The summed E-state index contributed by atoms with van der Waals surface area (Å²) in [6.45, 7) is 4.65. The maximum atomic E-state index is 5.46. The third-order valence-corrected chi connectivity index (χ3v) is 4.93. The Morgan fingerprint density at radius 2 is 1.75 bits per heavy atom. The fourth-order valence-corrected chi connectivity index (χ4v) is 3.05. The van der Waals surface area contributed by atoms with Gasteiger partial charge >= 0.3 is 0 Å². The molecule has 0 spiro atoms. The Labute approximate surface area is 147 Å². The van der Waals surface area contributed by atoms with E-state index in [0.29, 0.717) is 11.3 Å². The van der Waals surface area contributed by atoms with E-state index in [1.54, 1.807) is 12.5 Å². The second kappa shape index (κ2) is 7.24. The largest absolute Gasteiger partial charge is 0.445 e. The topological polar surface area (TPSA) is 52.0 Å². The molecule has 4 heteroatoms. The summed E-state index contributed by atoms with van der Waals surface area (Å²) < 4.78 is 5.11. The molecule has 2 N–H and O–H groups in total. The van der Waals surface area contributed by atoms with Crippen molar-refractivity contribution in [2.75, 3.05) is 0 Å². The summed E-state index contributed by atoms with van der Waals surface area (Å²) in [6.07, 6.45) is 4.53. The van der Waals surface area contributed by atoms with E-state index < -0.39 is 0 Å². The van der Waals surface area contributed by atoms with Crippen LogP contribution in [0, 0.1) is 5.41 Å². The summed E-state index contributed by atoms with van der Waals surface area (Å²) in [7, 11) is 0. The first kappa shape index (κ1) is 16.8. The highest BCUT2D eigenvalue weighted by Gasteiger charge is 2.46. The number of benzene rings is 2. The first-order chi connectivity index (χ1) is 11.6. The van der Waals surface area contributed by atoms with Crippen LogP contribution in [0.15, 0.2) is 76.4 Å². The molecule has 3 aromatic rings. The molecular weight excluding hydrogens is 316 g/mol. The van der Waals surface area contributed by atoms with Gasteiger partial charge in [-0.3, -0.25) is 5.14 Å². The lowest BCUT2D eigenvalue weighted by Crippen LogP contribution is -1.89. The Balaban J connectivity index is 0.000000143. The van der Waals surface area contributed by atoms with Crippen molar-refractivity contribution in [2.24, 2.45) is 10.6 Å². The predicted octanol–water partition coefficient (Wildman–Crippen LogP) is 5.51. The van der Waals surface area contributed by atoms with Gasteiger partial charge in [-0.2, -0.15) is 0 Å². The molecule has 24 heavy (non-hydrogen) atoms. The van der Waals surface area contributed by atoms with Crippen LogP contribution >= 0.6 is 11.9 Å². The Morgan fingerprint density at radius 1 is 1.08 bits per heavy atom. The molecule has 0 bridgehead atoms. The Hall–Kier alpha value is -2.04. The summed E-state index contributed by atoms with van der Waals surface area (Å²) in [4.78, 5) is 5.16. The first-order valence-corrected chi connectivity index (χ1v) is 8.90. The van der Waals surface area contributed by atoms with Gasteiger partial charge in [-0.15, -0.1) is 0 Å². The summed E-state index contributed by atoms with van der Waals surface area (Å²) in [5, 5.41) is 5.46. The zero-order valence-electron chi connectivity index (χ0n) is 14.0. The minimum Gasteiger partial charge on any atom is -0.445 e. The molecule has 1 heterocycles. The predicted molar refractivity (Wildman–Crippen MR) is 99.6 cm³/mol. The van der Waals surface area contributed by atoms with Gasteiger partial charge in [0.25, 0.3) is 0 Å². The van der Waals surface area contributed by atoms with Gasteiger partial charge < -0.3 is 4.42 Å². The van der Waals surface area contributed by atoms with Crippen LogP contribution in [-0.2, 0) is 0 Å². The molecule has 2 aromatic carbocycles. The maximum Gasteiger partial charge on any atom is 0.225 e. The van der Waals surface area contributed by atoms with Crippen molar-refractivity contribution in [2.45, 2.75) is 31.1 Å². The van der Waals surface area contributed by atoms with Gasteiger partial charge in [0.1, 0.15) is 6.26 Å². The molecular formula is C20H22N2OS. The molecule has 124 valence electrons. The number of oxazole rings is 1. The van der Waals surface area contributed by atoms with E-state index in [1.165, 1.54) is 23.9 Å². The highest BCUT2D eigenvalue weighted by Crippen LogP contribution is 2.58. The number of rotatable bonds is 3. The standard InChI is InChI=1S/C11H15NS.C9H7NO/c1-11(2)7-10(11)8-3-5-9(13-12)6-4-8;1-2-4-8(5-3-1)9-10-6-7-11-9/h3-6,10H,7,12H2,1-2H3;1-7H. The normalized spacial score (nSPS) is 17.7. The van der Waals surface area contributed by atoms with Crippen molar-refractivity contribution in [3.63, 3.8) is 0 Å². The zero-order chi connectivity index (χ0) is 17.0. The monoisotopic (exact) mass is 338 g/mol. The smallest absolute Gasteiger partial charge is 0.225 e. The van der Waals surface area contributed by atoms with Crippen molar-refractivity contribution >= 4 is 11.9 Å². The van der Waals surface area contributed by atoms with Crippen LogP contribution in [0.2, 0.25) is 0 Å². The van der Waals surface area contributed by atoms with Gasteiger partial charge in [0.05, 0.1) is 6.20 Å². The van der Waals surface area contributed by atoms with Crippen LogP contribution in [0.4, 0.5) is 0 Å². The molecule has 3 nitrogen and oxygen atoms in total. The highest BCUT2D eigenvalue weighted by molar-refractivity contribution is 7.97. The van der Waals surface area contributed by atoms with E-state index in [1.807, 2.05) is 30.3 Å². The molecule has 1 aliphatic rings. The van der Waals surface area contributed by atoms with Crippen molar-refractivity contribution in [3.05, 3.63) is 72.6 Å². The second-order valence-electron chi connectivity index (χ2n) is 6.64. The van der Waals surface area contributed by atoms with E-state index in [-0.39, 0.29) is 0 Å². The van der Waals surface area contributed by atoms with Crippen LogP contribution in [0.25, 0.3) is 11.5 Å². The number of hydrogen-bond donors (Lipinski definition) is 1. The van der Waals surface area contributed by atoms with Crippen LogP contribution in [0.1, 0.15) is 31.7 Å². The van der Waals surface area contributed by atoms with Crippen LogP contribution in [0.5, 0.6) is 0 Å². The molecule has 4 rings (SSSR count). The van der Waals surface area contributed by atoms with Crippen LogP contribution in [0.3, 0.4) is 0 Å². The van der Waals surface area contributed by atoms with Gasteiger partial charge in [-0.05, 0) is 59.5 Å². The van der Waals surface area contributed by atoms with E-state index in [2.05, 4.69) is 43.1 Å².